The summed E-state index contributed by atoms with van der Waals surface area (Å²) >= 11 is 0. The molecular weight excluding hydrogens is 268 g/mol. The van der Waals surface area contributed by atoms with Crippen molar-refractivity contribution in [3.63, 3.8) is 0 Å². The third kappa shape index (κ3) is 2.80. The molecule has 1 unspecified atom stereocenters. The van der Waals surface area contributed by atoms with Gasteiger partial charge >= 0.3 is 5.97 Å². The van der Waals surface area contributed by atoms with Gasteiger partial charge in [-0.1, -0.05) is 6.92 Å². The normalized spacial score (nSPS) is 37.3. The Kier molecular flexibility index (Phi) is 4.61. The molecule has 1 atom stereocenters. The first-order valence-electron chi connectivity index (χ1n) is 8.11. The Bertz CT molecular complexity index is 416. The van der Waals surface area contributed by atoms with Gasteiger partial charge in [-0.15, -0.1) is 0 Å². The number of hydrogen-bond acceptors (Lipinski definition) is 3. The monoisotopic (exact) mass is 296 g/mol. The first kappa shape index (κ1) is 16.3. The lowest BCUT2D eigenvalue weighted by molar-refractivity contribution is -0.167. The lowest BCUT2D eigenvalue weighted by Gasteiger charge is -2.48. The Morgan fingerprint density at radius 2 is 1.86 bits per heavy atom. The van der Waals surface area contributed by atoms with E-state index in [1.807, 2.05) is 0 Å². The average molecular weight is 296 g/mol. The van der Waals surface area contributed by atoms with Gasteiger partial charge in [0.05, 0.1) is 5.41 Å². The molecule has 1 saturated heterocycles. The number of nitrogens with two attached hydrogens (primary N) is 1. The summed E-state index contributed by atoms with van der Waals surface area (Å²) in [6, 6.07) is 0. The highest BCUT2D eigenvalue weighted by Crippen LogP contribution is 2.42. The van der Waals surface area contributed by atoms with Crippen molar-refractivity contribution >= 4 is 11.9 Å². The van der Waals surface area contributed by atoms with Gasteiger partial charge in [-0.3, -0.25) is 4.79 Å². The fourth-order valence-electron chi connectivity index (χ4n) is 3.78. The van der Waals surface area contributed by atoms with Crippen LogP contribution in [0.3, 0.4) is 0 Å². The van der Waals surface area contributed by atoms with E-state index in [9.17, 15) is 14.7 Å². The zero-order valence-electron chi connectivity index (χ0n) is 13.2. The number of nitrogens with zero attached hydrogens (tertiary/aromatic N) is 1. The van der Waals surface area contributed by atoms with Gasteiger partial charge in [0.15, 0.2) is 0 Å². The van der Waals surface area contributed by atoms with Gasteiger partial charge in [0.2, 0.25) is 5.91 Å². The highest BCUT2D eigenvalue weighted by molar-refractivity contribution is 5.90. The molecule has 0 aromatic rings. The van der Waals surface area contributed by atoms with E-state index in [1.165, 1.54) is 0 Å². The molecule has 1 amide bonds. The van der Waals surface area contributed by atoms with E-state index in [4.69, 9.17) is 5.73 Å². The topological polar surface area (TPSA) is 83.6 Å². The van der Waals surface area contributed by atoms with Crippen LogP contribution in [0.25, 0.3) is 0 Å². The average Bonchev–Trinajstić information content (AvgIpc) is 2.48. The molecule has 3 N–H and O–H groups in total. The first-order chi connectivity index (χ1) is 9.85. The molecule has 0 spiro atoms. The van der Waals surface area contributed by atoms with Crippen molar-refractivity contribution in [2.45, 2.75) is 64.3 Å². The van der Waals surface area contributed by atoms with Crippen molar-refractivity contribution < 1.29 is 14.7 Å². The zero-order valence-corrected chi connectivity index (χ0v) is 13.2. The first-order valence-corrected chi connectivity index (χ1v) is 8.11. The molecule has 2 aliphatic rings. The third-order valence-corrected chi connectivity index (χ3v) is 5.67. The molecule has 1 heterocycles. The number of carbonyl (C=O) groups excluding carboxylic acids is 1. The molecule has 1 aliphatic carbocycles. The molecule has 5 heteroatoms. The SMILES string of the molecule is CC1CCC(CN)(C(=O)N2CCCCC2(C)C(=O)O)CC1. The highest BCUT2D eigenvalue weighted by Gasteiger charge is 2.50. The Balaban J connectivity index is 2.25. The number of piperidine rings is 1. The number of carboxylic acid groups (broad SMARTS) is 1. The summed E-state index contributed by atoms with van der Waals surface area (Å²) in [4.78, 5) is 26.4. The fourth-order valence-corrected chi connectivity index (χ4v) is 3.78. The van der Waals surface area contributed by atoms with E-state index in [1.54, 1.807) is 11.8 Å². The van der Waals surface area contributed by atoms with Crippen LogP contribution in [0.4, 0.5) is 0 Å². The Hall–Kier alpha value is -1.10. The van der Waals surface area contributed by atoms with Gasteiger partial charge < -0.3 is 15.7 Å². The maximum atomic E-state index is 13.1. The van der Waals surface area contributed by atoms with Gasteiger partial charge in [-0.05, 0) is 57.8 Å². The van der Waals surface area contributed by atoms with Crippen LogP contribution < -0.4 is 5.73 Å². The van der Waals surface area contributed by atoms with E-state index in [0.29, 0.717) is 25.4 Å². The summed E-state index contributed by atoms with van der Waals surface area (Å²) in [7, 11) is 0. The van der Waals surface area contributed by atoms with Crippen molar-refractivity contribution in [2.24, 2.45) is 17.1 Å². The third-order valence-electron chi connectivity index (χ3n) is 5.67. The standard InChI is InChI=1S/C16H28N2O3/c1-12-5-8-16(11-17,9-6-12)13(19)18-10-4-3-7-15(18,2)14(20)21/h12H,3-11,17H2,1-2H3,(H,20,21). The van der Waals surface area contributed by atoms with Crippen molar-refractivity contribution in [1.82, 2.24) is 4.90 Å². The number of likely N-dealkylation sites (tertiary alicyclic amines) is 1. The quantitative estimate of drug-likeness (QED) is 0.834. The van der Waals surface area contributed by atoms with E-state index in [2.05, 4.69) is 6.92 Å². The molecule has 21 heavy (non-hydrogen) atoms. The number of rotatable bonds is 3. The minimum absolute atomic E-state index is 0.0264. The van der Waals surface area contributed by atoms with E-state index in [0.717, 1.165) is 38.5 Å². The fraction of sp³-hybridized carbons (Fsp3) is 0.875. The summed E-state index contributed by atoms with van der Waals surface area (Å²) in [5.74, 6) is -0.293. The second-order valence-electron chi connectivity index (χ2n) is 7.16. The van der Waals surface area contributed by atoms with E-state index < -0.39 is 16.9 Å². The smallest absolute Gasteiger partial charge is 0.329 e. The van der Waals surface area contributed by atoms with Crippen LogP contribution in [0.15, 0.2) is 0 Å². The summed E-state index contributed by atoms with van der Waals surface area (Å²) in [6.45, 7) is 4.75. The lowest BCUT2D eigenvalue weighted by Crippen LogP contribution is -2.62. The van der Waals surface area contributed by atoms with Crippen LogP contribution >= 0.6 is 0 Å². The molecule has 2 fully saturated rings. The Morgan fingerprint density at radius 1 is 1.24 bits per heavy atom. The molecular formula is C16H28N2O3. The Labute approximate surface area is 126 Å². The van der Waals surface area contributed by atoms with Crippen molar-refractivity contribution in [3.05, 3.63) is 0 Å². The lowest BCUT2D eigenvalue weighted by atomic mass is 9.69. The summed E-state index contributed by atoms with van der Waals surface area (Å²) in [5.41, 5.74) is 4.35. The van der Waals surface area contributed by atoms with E-state index >= 15 is 0 Å². The minimum Gasteiger partial charge on any atom is -0.480 e. The predicted octanol–water partition coefficient (Wildman–Crippen LogP) is 2.00. The number of aliphatic carboxylic acids is 1. The van der Waals surface area contributed by atoms with Gasteiger partial charge in [0.25, 0.3) is 0 Å². The molecule has 120 valence electrons. The number of hydrogen-bond donors (Lipinski definition) is 2. The van der Waals surface area contributed by atoms with Crippen LogP contribution in [0, 0.1) is 11.3 Å². The van der Waals surface area contributed by atoms with E-state index in [-0.39, 0.29) is 5.91 Å². The van der Waals surface area contributed by atoms with Gasteiger partial charge in [0.1, 0.15) is 5.54 Å². The zero-order chi connectivity index (χ0) is 15.7. The summed E-state index contributed by atoms with van der Waals surface area (Å²) in [6.07, 6.45) is 5.85. The van der Waals surface area contributed by atoms with Crippen LogP contribution in [0.1, 0.15) is 58.8 Å². The minimum atomic E-state index is -1.07. The van der Waals surface area contributed by atoms with Gasteiger partial charge in [-0.25, -0.2) is 4.79 Å². The molecule has 0 radical (unpaired) electrons. The van der Waals surface area contributed by atoms with Crippen molar-refractivity contribution in [1.29, 1.82) is 0 Å². The second kappa shape index (κ2) is 5.95. The second-order valence-corrected chi connectivity index (χ2v) is 7.16. The van der Waals surface area contributed by atoms with Crippen LogP contribution in [0.5, 0.6) is 0 Å². The van der Waals surface area contributed by atoms with Crippen LogP contribution in [-0.4, -0.2) is 40.5 Å². The van der Waals surface area contributed by atoms with Crippen molar-refractivity contribution in [3.8, 4) is 0 Å². The molecule has 5 nitrogen and oxygen atoms in total. The number of amides is 1. The maximum absolute atomic E-state index is 13.1. The molecule has 0 aromatic carbocycles. The van der Waals surface area contributed by atoms with Gasteiger partial charge in [0, 0.05) is 13.1 Å². The van der Waals surface area contributed by atoms with Crippen LogP contribution in [-0.2, 0) is 9.59 Å². The van der Waals surface area contributed by atoms with Crippen LogP contribution in [0.2, 0.25) is 0 Å². The predicted molar refractivity (Wildman–Crippen MR) is 80.7 cm³/mol. The molecule has 0 bridgehead atoms. The largest absolute Gasteiger partial charge is 0.480 e. The highest BCUT2D eigenvalue weighted by atomic mass is 16.4. The Morgan fingerprint density at radius 3 is 2.38 bits per heavy atom. The van der Waals surface area contributed by atoms with Gasteiger partial charge in [-0.2, -0.15) is 0 Å². The molecule has 0 aromatic heterocycles. The maximum Gasteiger partial charge on any atom is 0.329 e. The summed E-state index contributed by atoms with van der Waals surface area (Å²) < 4.78 is 0. The summed E-state index contributed by atoms with van der Waals surface area (Å²) in [5, 5.41) is 9.59. The number of carbonyl (C=O) groups is 2. The molecule has 1 saturated carbocycles. The number of carboxylic acids is 1. The van der Waals surface area contributed by atoms with Crippen molar-refractivity contribution in [2.75, 3.05) is 13.1 Å². The molecule has 2 rings (SSSR count). The molecule has 1 aliphatic heterocycles.